The second kappa shape index (κ2) is 13.5. The minimum atomic E-state index is 0.593. The number of furan rings is 1. The van der Waals surface area contributed by atoms with Crippen LogP contribution in [0.4, 0.5) is 0 Å². The lowest BCUT2D eigenvalue weighted by molar-refractivity contribution is 0.669. The third-order valence-corrected chi connectivity index (χ3v) is 11.3. The number of benzene rings is 8. The molecule has 0 amide bonds. The second-order valence-corrected chi connectivity index (χ2v) is 15.0. The Morgan fingerprint density at radius 3 is 1.74 bits per heavy atom. The van der Waals surface area contributed by atoms with Crippen LogP contribution in [0.2, 0.25) is 0 Å². The third kappa shape index (κ3) is 5.67. The van der Waals surface area contributed by atoms with E-state index in [4.69, 9.17) is 19.4 Å². The standard InChI is InChI=1S/C53H36N4O/c1-33-21-25-40(34(2)29-33)39-22-26-42-41-17-9-11-19-46(41)57(48(42)32-39)47-27-23-37(38-24-28-50-44(30-38)43-18-10-12-20-49(43)58-50)31-45(47)53-55-51(35-13-5-3-6-14-35)54-52(56-53)36-15-7-4-8-16-36/h3-32H,1-2H3. The van der Waals surface area contributed by atoms with Crippen molar-refractivity contribution in [3.05, 3.63) is 193 Å². The van der Waals surface area contributed by atoms with Crippen LogP contribution in [0.15, 0.2) is 186 Å². The normalized spacial score (nSPS) is 11.6. The molecule has 0 N–H and O–H groups in total. The van der Waals surface area contributed by atoms with Gasteiger partial charge in [-0.25, -0.2) is 15.0 Å². The number of para-hydroxylation sites is 2. The molecule has 0 aliphatic carbocycles. The van der Waals surface area contributed by atoms with Gasteiger partial charge in [-0.3, -0.25) is 0 Å². The molecule has 5 heteroatoms. The SMILES string of the molecule is Cc1ccc(-c2ccc3c4ccccc4n(-c4ccc(-c5ccc6oc7ccccc7c6c5)cc4-c4nc(-c5ccccc5)nc(-c5ccccc5)n4)c3c2)c(C)c1. The summed E-state index contributed by atoms with van der Waals surface area (Å²) in [6.07, 6.45) is 0. The highest BCUT2D eigenvalue weighted by atomic mass is 16.3. The first-order valence-corrected chi connectivity index (χ1v) is 19.6. The summed E-state index contributed by atoms with van der Waals surface area (Å²) in [5.41, 5.74) is 14.7. The van der Waals surface area contributed by atoms with Gasteiger partial charge >= 0.3 is 0 Å². The van der Waals surface area contributed by atoms with E-state index in [1.54, 1.807) is 0 Å². The summed E-state index contributed by atoms with van der Waals surface area (Å²) in [5, 5.41) is 4.54. The minimum Gasteiger partial charge on any atom is -0.456 e. The molecule has 0 radical (unpaired) electrons. The van der Waals surface area contributed by atoms with Gasteiger partial charge in [0.05, 0.1) is 16.7 Å². The topological polar surface area (TPSA) is 56.7 Å². The van der Waals surface area contributed by atoms with Crippen molar-refractivity contribution in [1.29, 1.82) is 0 Å². The van der Waals surface area contributed by atoms with Crippen LogP contribution in [-0.2, 0) is 0 Å². The highest BCUT2D eigenvalue weighted by molar-refractivity contribution is 6.11. The molecule has 0 bridgehead atoms. The third-order valence-electron chi connectivity index (χ3n) is 11.3. The van der Waals surface area contributed by atoms with Gasteiger partial charge < -0.3 is 8.98 Å². The van der Waals surface area contributed by atoms with Crippen LogP contribution in [0.3, 0.4) is 0 Å². The first-order chi connectivity index (χ1) is 28.6. The van der Waals surface area contributed by atoms with Crippen LogP contribution in [0.5, 0.6) is 0 Å². The summed E-state index contributed by atoms with van der Waals surface area (Å²) in [7, 11) is 0. The molecule has 8 aromatic carbocycles. The van der Waals surface area contributed by atoms with Crippen LogP contribution >= 0.6 is 0 Å². The molecule has 0 saturated carbocycles. The number of aromatic nitrogens is 4. The summed E-state index contributed by atoms with van der Waals surface area (Å²) < 4.78 is 8.61. The highest BCUT2D eigenvalue weighted by Crippen LogP contribution is 2.41. The smallest absolute Gasteiger partial charge is 0.166 e. The average molecular weight is 745 g/mol. The van der Waals surface area contributed by atoms with Crippen molar-refractivity contribution in [2.45, 2.75) is 13.8 Å². The van der Waals surface area contributed by atoms with E-state index in [1.807, 2.05) is 48.5 Å². The molecule has 0 aliphatic heterocycles. The maximum atomic E-state index is 6.22. The van der Waals surface area contributed by atoms with Gasteiger partial charge in [0, 0.05) is 38.2 Å². The molecule has 3 aromatic heterocycles. The fourth-order valence-corrected chi connectivity index (χ4v) is 8.46. The largest absolute Gasteiger partial charge is 0.456 e. The predicted octanol–water partition coefficient (Wildman–Crippen LogP) is 13.8. The number of hydrogen-bond acceptors (Lipinski definition) is 4. The van der Waals surface area contributed by atoms with Crippen molar-refractivity contribution in [1.82, 2.24) is 19.5 Å². The molecule has 58 heavy (non-hydrogen) atoms. The summed E-state index contributed by atoms with van der Waals surface area (Å²) in [6, 6.07) is 63.9. The Hall–Kier alpha value is -7.63. The van der Waals surface area contributed by atoms with Gasteiger partial charge in [-0.05, 0) is 84.1 Å². The summed E-state index contributed by atoms with van der Waals surface area (Å²) in [5.74, 6) is 1.83. The lowest BCUT2D eigenvalue weighted by Crippen LogP contribution is -2.04. The second-order valence-electron chi connectivity index (χ2n) is 15.0. The Bertz CT molecular complexity index is 3300. The maximum absolute atomic E-state index is 6.22. The van der Waals surface area contributed by atoms with E-state index in [2.05, 4.69) is 152 Å². The Labute approximate surface area is 335 Å². The quantitative estimate of drug-likeness (QED) is 0.170. The minimum absolute atomic E-state index is 0.593. The van der Waals surface area contributed by atoms with E-state index >= 15 is 0 Å². The number of hydrogen-bond donors (Lipinski definition) is 0. The van der Waals surface area contributed by atoms with Crippen molar-refractivity contribution < 1.29 is 4.42 Å². The molecule has 3 heterocycles. The molecule has 0 spiro atoms. The van der Waals surface area contributed by atoms with E-state index in [9.17, 15) is 0 Å². The molecule has 11 rings (SSSR count). The molecule has 11 aromatic rings. The fraction of sp³-hybridized carbons (Fsp3) is 0.0377. The molecule has 0 atom stereocenters. The van der Waals surface area contributed by atoms with Crippen LogP contribution in [0, 0.1) is 13.8 Å². The van der Waals surface area contributed by atoms with E-state index in [0.29, 0.717) is 17.5 Å². The first-order valence-electron chi connectivity index (χ1n) is 19.6. The zero-order valence-electron chi connectivity index (χ0n) is 32.0. The van der Waals surface area contributed by atoms with Crippen LogP contribution < -0.4 is 0 Å². The van der Waals surface area contributed by atoms with Gasteiger partial charge in [0.25, 0.3) is 0 Å². The van der Waals surface area contributed by atoms with Crippen molar-refractivity contribution in [3.8, 4) is 62.1 Å². The predicted molar refractivity (Wildman–Crippen MR) is 238 cm³/mol. The lowest BCUT2D eigenvalue weighted by atomic mass is 9.97. The Morgan fingerprint density at radius 1 is 0.379 bits per heavy atom. The number of nitrogens with zero attached hydrogens (tertiary/aromatic N) is 4. The highest BCUT2D eigenvalue weighted by Gasteiger charge is 2.21. The van der Waals surface area contributed by atoms with Crippen molar-refractivity contribution in [3.63, 3.8) is 0 Å². The number of aryl methyl sites for hydroxylation is 2. The zero-order valence-corrected chi connectivity index (χ0v) is 32.0. The van der Waals surface area contributed by atoms with Gasteiger partial charge in [0.2, 0.25) is 0 Å². The first kappa shape index (κ1) is 33.7. The molecule has 0 saturated heterocycles. The van der Waals surface area contributed by atoms with Crippen molar-refractivity contribution >= 4 is 43.7 Å². The molecule has 5 nitrogen and oxygen atoms in total. The van der Waals surface area contributed by atoms with Crippen LogP contribution in [0.1, 0.15) is 11.1 Å². The van der Waals surface area contributed by atoms with Gasteiger partial charge in [-0.1, -0.05) is 145 Å². The maximum Gasteiger partial charge on any atom is 0.166 e. The summed E-state index contributed by atoms with van der Waals surface area (Å²) in [4.78, 5) is 15.6. The molecule has 0 fully saturated rings. The van der Waals surface area contributed by atoms with Gasteiger partial charge in [-0.15, -0.1) is 0 Å². The molecule has 0 unspecified atom stereocenters. The van der Waals surface area contributed by atoms with E-state index < -0.39 is 0 Å². The van der Waals surface area contributed by atoms with E-state index in [1.165, 1.54) is 33.0 Å². The number of fused-ring (bicyclic) bond motifs is 6. The van der Waals surface area contributed by atoms with Gasteiger partial charge in [0.1, 0.15) is 11.2 Å². The fourth-order valence-electron chi connectivity index (χ4n) is 8.46. The van der Waals surface area contributed by atoms with Gasteiger partial charge in [-0.2, -0.15) is 0 Å². The Morgan fingerprint density at radius 2 is 0.983 bits per heavy atom. The Kier molecular flexibility index (Phi) is 7.86. The van der Waals surface area contributed by atoms with Crippen LogP contribution in [0.25, 0.3) is 106 Å². The molecule has 274 valence electrons. The molecule has 0 aliphatic rings. The summed E-state index contributed by atoms with van der Waals surface area (Å²) >= 11 is 0. The molecular weight excluding hydrogens is 709 g/mol. The summed E-state index contributed by atoms with van der Waals surface area (Å²) in [6.45, 7) is 4.34. The molecular formula is C53H36N4O. The zero-order chi connectivity index (χ0) is 38.7. The monoisotopic (exact) mass is 744 g/mol. The van der Waals surface area contributed by atoms with E-state index in [0.717, 1.165) is 66.5 Å². The Balaban J connectivity index is 1.21. The van der Waals surface area contributed by atoms with Crippen molar-refractivity contribution in [2.75, 3.05) is 0 Å². The average Bonchev–Trinajstić information content (AvgIpc) is 3.81. The van der Waals surface area contributed by atoms with E-state index in [-0.39, 0.29) is 0 Å². The van der Waals surface area contributed by atoms with Gasteiger partial charge in [0.15, 0.2) is 17.5 Å². The van der Waals surface area contributed by atoms with Crippen molar-refractivity contribution in [2.24, 2.45) is 0 Å². The number of rotatable bonds is 6. The lowest BCUT2D eigenvalue weighted by Gasteiger charge is -2.17. The van der Waals surface area contributed by atoms with Crippen LogP contribution in [-0.4, -0.2) is 19.5 Å².